The molecule has 0 aliphatic heterocycles. The number of nitrogens with zero attached hydrogens (tertiary/aromatic N) is 5. The first-order chi connectivity index (χ1) is 10.1. The van der Waals surface area contributed by atoms with Gasteiger partial charge in [-0.3, -0.25) is 4.99 Å². The van der Waals surface area contributed by atoms with Crippen LogP contribution in [0.15, 0.2) is 33.4 Å². The van der Waals surface area contributed by atoms with Gasteiger partial charge in [-0.15, -0.1) is 21.6 Å². The van der Waals surface area contributed by atoms with Crippen LogP contribution in [0.5, 0.6) is 0 Å². The van der Waals surface area contributed by atoms with Gasteiger partial charge in [0.05, 0.1) is 16.9 Å². The Labute approximate surface area is 126 Å². The van der Waals surface area contributed by atoms with Gasteiger partial charge >= 0.3 is 0 Å². The average Bonchev–Trinajstić information content (AvgIpc) is 2.81. The fourth-order valence-corrected chi connectivity index (χ4v) is 2.63. The molecule has 102 valence electrons. The highest BCUT2D eigenvalue weighted by molar-refractivity contribution is 7.16. The van der Waals surface area contributed by atoms with Gasteiger partial charge in [0.25, 0.3) is 0 Å². The van der Waals surface area contributed by atoms with Crippen molar-refractivity contribution < 1.29 is 0 Å². The van der Waals surface area contributed by atoms with Crippen molar-refractivity contribution in [2.75, 3.05) is 0 Å². The van der Waals surface area contributed by atoms with Crippen LogP contribution < -0.4 is 0 Å². The number of thiophene rings is 1. The van der Waals surface area contributed by atoms with E-state index in [0.717, 1.165) is 11.3 Å². The Morgan fingerprint density at radius 3 is 2.48 bits per heavy atom. The molecule has 1 aromatic heterocycles. The Morgan fingerprint density at radius 1 is 1.14 bits per heavy atom. The minimum absolute atomic E-state index is 0.405. The smallest absolute Gasteiger partial charge is 0.158 e. The van der Waals surface area contributed by atoms with Crippen molar-refractivity contribution in [1.29, 1.82) is 10.5 Å². The summed E-state index contributed by atoms with van der Waals surface area (Å²) in [4.78, 5) is 4.33. The SMILES string of the molecule is C=Nc1ccc(N=Nc2sc(C#N)c(C)c2C#N)c(C)c1. The number of azo groups is 1. The molecule has 0 saturated heterocycles. The van der Waals surface area contributed by atoms with Crippen molar-refractivity contribution in [3.05, 3.63) is 39.8 Å². The topological polar surface area (TPSA) is 84.7 Å². The van der Waals surface area contributed by atoms with Crippen LogP contribution in [0.1, 0.15) is 21.6 Å². The van der Waals surface area contributed by atoms with Crippen molar-refractivity contribution in [3.8, 4) is 12.1 Å². The molecule has 6 heteroatoms. The maximum atomic E-state index is 9.15. The minimum atomic E-state index is 0.405. The van der Waals surface area contributed by atoms with Crippen LogP contribution >= 0.6 is 11.3 Å². The molecule has 0 aliphatic rings. The number of nitriles is 2. The largest absolute Gasteiger partial charge is 0.265 e. The third-order valence-corrected chi connectivity index (χ3v) is 4.03. The molecule has 0 unspecified atom stereocenters. The summed E-state index contributed by atoms with van der Waals surface area (Å²) < 4.78 is 0. The molecule has 0 radical (unpaired) electrons. The van der Waals surface area contributed by atoms with Crippen molar-refractivity contribution >= 4 is 34.4 Å². The van der Waals surface area contributed by atoms with Crippen LogP contribution in [-0.2, 0) is 0 Å². The van der Waals surface area contributed by atoms with Gasteiger partial charge < -0.3 is 0 Å². The summed E-state index contributed by atoms with van der Waals surface area (Å²) in [6.45, 7) is 7.11. The van der Waals surface area contributed by atoms with Crippen LogP contribution in [-0.4, -0.2) is 6.72 Å². The van der Waals surface area contributed by atoms with Gasteiger partial charge in [0.1, 0.15) is 17.0 Å². The molecule has 1 aromatic carbocycles. The molecule has 21 heavy (non-hydrogen) atoms. The fraction of sp³-hybridized carbons (Fsp3) is 0.133. The highest BCUT2D eigenvalue weighted by Gasteiger charge is 2.14. The van der Waals surface area contributed by atoms with E-state index in [2.05, 4.69) is 34.1 Å². The third kappa shape index (κ3) is 2.86. The van der Waals surface area contributed by atoms with Gasteiger partial charge in [-0.2, -0.15) is 10.5 Å². The van der Waals surface area contributed by atoms with Crippen molar-refractivity contribution in [3.63, 3.8) is 0 Å². The Hall–Kier alpha value is -2.83. The number of aryl methyl sites for hydroxylation is 1. The summed E-state index contributed by atoms with van der Waals surface area (Å²) in [5.41, 5.74) is 3.43. The van der Waals surface area contributed by atoms with Crippen molar-refractivity contribution in [2.45, 2.75) is 13.8 Å². The maximum absolute atomic E-state index is 9.15. The standard InChI is InChI=1S/C15H11N5S/c1-9-6-11(18-3)4-5-13(9)19-20-15-12(7-16)10(2)14(8-17)21-15/h4-6H,3H2,1-2H3. The second-order valence-corrected chi connectivity index (χ2v) is 5.29. The van der Waals surface area contributed by atoms with Gasteiger partial charge in [-0.05, 0) is 49.9 Å². The molecular weight excluding hydrogens is 282 g/mol. The molecule has 2 aromatic rings. The van der Waals surface area contributed by atoms with Crippen molar-refractivity contribution in [1.82, 2.24) is 0 Å². The predicted octanol–water partition coefficient (Wildman–Crippen LogP) is 4.86. The number of aliphatic imine (C=N–C) groups is 1. The fourth-order valence-electron chi connectivity index (χ4n) is 1.76. The van der Waals surface area contributed by atoms with Gasteiger partial charge in [-0.25, -0.2) is 0 Å². The zero-order chi connectivity index (χ0) is 15.4. The van der Waals surface area contributed by atoms with Crippen LogP contribution in [0.25, 0.3) is 0 Å². The van der Waals surface area contributed by atoms with E-state index in [4.69, 9.17) is 10.5 Å². The van der Waals surface area contributed by atoms with E-state index in [-0.39, 0.29) is 0 Å². The lowest BCUT2D eigenvalue weighted by Crippen LogP contribution is -1.76. The Bertz CT molecular complexity index is 818. The predicted molar refractivity (Wildman–Crippen MR) is 83.1 cm³/mol. The van der Waals surface area contributed by atoms with Gasteiger partial charge in [0.15, 0.2) is 5.00 Å². The summed E-state index contributed by atoms with van der Waals surface area (Å²) in [5.74, 6) is 0. The first-order valence-corrected chi connectivity index (χ1v) is 6.85. The van der Waals surface area contributed by atoms with Gasteiger partial charge in [0, 0.05) is 0 Å². The van der Waals surface area contributed by atoms with Crippen LogP contribution in [0.4, 0.5) is 16.4 Å². The van der Waals surface area contributed by atoms with E-state index in [0.29, 0.717) is 26.7 Å². The van der Waals surface area contributed by atoms with E-state index in [1.165, 1.54) is 11.3 Å². The average molecular weight is 293 g/mol. The first kappa shape index (κ1) is 14.6. The summed E-state index contributed by atoms with van der Waals surface area (Å²) in [5, 5.41) is 26.9. The number of hydrogen-bond acceptors (Lipinski definition) is 6. The molecule has 1 heterocycles. The van der Waals surface area contributed by atoms with E-state index < -0.39 is 0 Å². The molecule has 0 N–H and O–H groups in total. The summed E-state index contributed by atoms with van der Waals surface area (Å²) in [6, 6.07) is 9.57. The van der Waals surface area contributed by atoms with E-state index >= 15 is 0 Å². The Balaban J connectivity index is 2.41. The molecule has 0 fully saturated rings. The van der Waals surface area contributed by atoms with Crippen LogP contribution in [0, 0.1) is 36.5 Å². The summed E-state index contributed by atoms with van der Waals surface area (Å²) in [6.07, 6.45) is 0. The van der Waals surface area contributed by atoms with Crippen molar-refractivity contribution in [2.24, 2.45) is 15.2 Å². The monoisotopic (exact) mass is 293 g/mol. The number of hydrogen-bond donors (Lipinski definition) is 0. The zero-order valence-corrected chi connectivity index (χ0v) is 12.4. The van der Waals surface area contributed by atoms with Gasteiger partial charge in [0.2, 0.25) is 0 Å². The van der Waals surface area contributed by atoms with Crippen LogP contribution in [0.3, 0.4) is 0 Å². The Kier molecular flexibility index (Phi) is 4.22. The van der Waals surface area contributed by atoms with Gasteiger partial charge in [-0.1, -0.05) is 0 Å². The highest BCUT2D eigenvalue weighted by atomic mass is 32.1. The number of rotatable bonds is 3. The quantitative estimate of drug-likeness (QED) is 0.598. The number of benzene rings is 1. The molecule has 2 rings (SSSR count). The molecule has 0 saturated carbocycles. The second kappa shape index (κ2) is 6.08. The van der Waals surface area contributed by atoms with Crippen LogP contribution in [0.2, 0.25) is 0 Å². The lowest BCUT2D eigenvalue weighted by atomic mass is 10.2. The molecule has 0 bridgehead atoms. The molecule has 0 atom stereocenters. The highest BCUT2D eigenvalue weighted by Crippen LogP contribution is 2.35. The lowest BCUT2D eigenvalue weighted by molar-refractivity contribution is 1.22. The third-order valence-electron chi connectivity index (χ3n) is 2.95. The second-order valence-electron chi connectivity index (χ2n) is 4.29. The normalized spacial score (nSPS) is 10.3. The first-order valence-electron chi connectivity index (χ1n) is 6.03. The summed E-state index contributed by atoms with van der Waals surface area (Å²) >= 11 is 1.17. The lowest BCUT2D eigenvalue weighted by Gasteiger charge is -1.99. The van der Waals surface area contributed by atoms with E-state index in [1.807, 2.05) is 13.0 Å². The molecule has 5 nitrogen and oxygen atoms in total. The molecule has 0 spiro atoms. The Morgan fingerprint density at radius 2 is 1.90 bits per heavy atom. The molecular formula is C15H11N5S. The molecule has 0 amide bonds. The van der Waals surface area contributed by atoms with E-state index in [9.17, 15) is 0 Å². The molecule has 0 aliphatic carbocycles. The maximum Gasteiger partial charge on any atom is 0.158 e. The zero-order valence-electron chi connectivity index (χ0n) is 11.6. The minimum Gasteiger partial charge on any atom is -0.265 e. The van der Waals surface area contributed by atoms with E-state index in [1.54, 1.807) is 19.1 Å². The summed E-state index contributed by atoms with van der Waals surface area (Å²) in [7, 11) is 0.